The first kappa shape index (κ1) is 14.9. The molecule has 0 bridgehead atoms. The van der Waals surface area contributed by atoms with Crippen LogP contribution in [0.1, 0.15) is 11.1 Å². The summed E-state index contributed by atoms with van der Waals surface area (Å²) in [7, 11) is 0. The zero-order valence-corrected chi connectivity index (χ0v) is 12.5. The van der Waals surface area contributed by atoms with Crippen molar-refractivity contribution in [2.75, 3.05) is 6.61 Å². The van der Waals surface area contributed by atoms with Crippen LogP contribution in [0.5, 0.6) is 17.2 Å². The molecule has 2 aromatic rings. The van der Waals surface area contributed by atoms with Crippen molar-refractivity contribution in [3.63, 3.8) is 0 Å². The highest BCUT2D eigenvalue weighted by atomic mass is 16.6. The number of ether oxygens (including phenoxy) is 2. The van der Waals surface area contributed by atoms with Gasteiger partial charge in [-0.05, 0) is 30.7 Å². The number of carbonyl (C=O) groups excluding carboxylic acids is 1. The summed E-state index contributed by atoms with van der Waals surface area (Å²) < 4.78 is 11.1. The lowest BCUT2D eigenvalue weighted by atomic mass is 10.1. The van der Waals surface area contributed by atoms with Gasteiger partial charge >= 0.3 is 0 Å². The van der Waals surface area contributed by atoms with Gasteiger partial charge in [0.1, 0.15) is 12.4 Å². The number of aryl methyl sites for hydroxylation is 1. The van der Waals surface area contributed by atoms with Crippen LogP contribution in [-0.2, 0) is 4.79 Å². The summed E-state index contributed by atoms with van der Waals surface area (Å²) >= 11 is 0. The van der Waals surface area contributed by atoms with E-state index in [0.717, 1.165) is 5.56 Å². The number of rotatable bonds is 3. The Balaban J connectivity index is 1.62. The lowest BCUT2D eigenvalue weighted by molar-refractivity contribution is -0.130. The number of nitrogens with zero attached hydrogens (tertiary/aromatic N) is 1. The Morgan fingerprint density at radius 3 is 2.87 bits per heavy atom. The highest BCUT2D eigenvalue weighted by Gasteiger charge is 2.26. The van der Waals surface area contributed by atoms with E-state index >= 15 is 0 Å². The molecule has 1 atom stereocenters. The molecule has 0 spiro atoms. The van der Waals surface area contributed by atoms with Gasteiger partial charge in [-0.3, -0.25) is 4.79 Å². The normalized spacial score (nSPS) is 16.3. The van der Waals surface area contributed by atoms with Crippen molar-refractivity contribution in [3.8, 4) is 17.2 Å². The smallest absolute Gasteiger partial charge is 0.284 e. The minimum absolute atomic E-state index is 0.119. The first-order chi connectivity index (χ1) is 11.1. The molecule has 0 fully saturated rings. The topological polar surface area (TPSA) is 80.2 Å². The molecule has 0 radical (unpaired) electrons. The Hall–Kier alpha value is -3.02. The Labute approximate surface area is 133 Å². The van der Waals surface area contributed by atoms with Crippen LogP contribution < -0.4 is 14.9 Å². The van der Waals surface area contributed by atoms with Gasteiger partial charge in [-0.15, -0.1) is 0 Å². The minimum Gasteiger partial charge on any atom is -0.507 e. The van der Waals surface area contributed by atoms with E-state index in [4.69, 9.17) is 9.47 Å². The molecular weight excluding hydrogens is 296 g/mol. The molecule has 118 valence electrons. The quantitative estimate of drug-likeness (QED) is 0.671. The van der Waals surface area contributed by atoms with Gasteiger partial charge in [0.05, 0.1) is 6.21 Å². The van der Waals surface area contributed by atoms with Crippen LogP contribution in [0.25, 0.3) is 0 Å². The zero-order valence-electron chi connectivity index (χ0n) is 12.5. The van der Waals surface area contributed by atoms with Crippen LogP contribution >= 0.6 is 0 Å². The number of aromatic hydroxyl groups is 1. The van der Waals surface area contributed by atoms with Crippen molar-refractivity contribution in [2.24, 2.45) is 5.10 Å². The van der Waals surface area contributed by atoms with E-state index in [0.29, 0.717) is 17.1 Å². The Bertz CT molecular complexity index is 758. The third-order valence-electron chi connectivity index (χ3n) is 3.45. The number of nitrogens with one attached hydrogen (secondary N) is 1. The summed E-state index contributed by atoms with van der Waals surface area (Å²) in [5.41, 5.74) is 3.65. The number of amides is 1. The molecule has 2 N–H and O–H groups in total. The van der Waals surface area contributed by atoms with Gasteiger partial charge in [-0.25, -0.2) is 5.43 Å². The van der Waals surface area contributed by atoms with Crippen LogP contribution in [0.3, 0.4) is 0 Å². The fourth-order valence-corrected chi connectivity index (χ4v) is 2.17. The maximum absolute atomic E-state index is 12.1. The monoisotopic (exact) mass is 312 g/mol. The number of phenolic OH excluding ortho intramolecular Hbond substituents is 1. The van der Waals surface area contributed by atoms with Crippen molar-refractivity contribution in [3.05, 3.63) is 53.6 Å². The van der Waals surface area contributed by atoms with Crippen molar-refractivity contribution in [2.45, 2.75) is 13.0 Å². The predicted molar refractivity (Wildman–Crippen MR) is 84.9 cm³/mol. The zero-order chi connectivity index (χ0) is 16.2. The van der Waals surface area contributed by atoms with Gasteiger partial charge in [-0.2, -0.15) is 5.10 Å². The minimum atomic E-state index is -0.770. The molecule has 1 aliphatic rings. The van der Waals surface area contributed by atoms with E-state index in [1.165, 1.54) is 6.21 Å². The summed E-state index contributed by atoms with van der Waals surface area (Å²) in [6.07, 6.45) is 0.617. The van der Waals surface area contributed by atoms with E-state index in [1.807, 2.05) is 6.07 Å². The second-order valence-corrected chi connectivity index (χ2v) is 5.11. The highest BCUT2D eigenvalue weighted by molar-refractivity contribution is 5.87. The Kier molecular flexibility index (Phi) is 4.14. The van der Waals surface area contributed by atoms with E-state index in [-0.39, 0.29) is 12.4 Å². The molecule has 0 saturated carbocycles. The van der Waals surface area contributed by atoms with Crippen LogP contribution in [0.4, 0.5) is 0 Å². The van der Waals surface area contributed by atoms with Crippen molar-refractivity contribution >= 4 is 12.1 Å². The summed E-state index contributed by atoms with van der Waals surface area (Å²) in [5.74, 6) is 0.864. The molecule has 1 heterocycles. The second-order valence-electron chi connectivity index (χ2n) is 5.11. The number of hydrogen-bond donors (Lipinski definition) is 2. The van der Waals surface area contributed by atoms with Crippen LogP contribution in [-0.4, -0.2) is 29.9 Å². The van der Waals surface area contributed by atoms with Gasteiger partial charge < -0.3 is 14.6 Å². The van der Waals surface area contributed by atoms with E-state index in [9.17, 15) is 9.90 Å². The lowest BCUT2D eigenvalue weighted by Crippen LogP contribution is -2.42. The molecule has 1 amide bonds. The van der Waals surface area contributed by atoms with Gasteiger partial charge in [0.15, 0.2) is 11.5 Å². The third-order valence-corrected chi connectivity index (χ3v) is 3.45. The average Bonchev–Trinajstić information content (AvgIpc) is 2.58. The molecular formula is C17H16N2O4. The van der Waals surface area contributed by atoms with Gasteiger partial charge in [0, 0.05) is 5.56 Å². The molecule has 6 heteroatoms. The number of para-hydroxylation sites is 3. The van der Waals surface area contributed by atoms with Gasteiger partial charge in [0.2, 0.25) is 6.10 Å². The van der Waals surface area contributed by atoms with Crippen LogP contribution in [0.15, 0.2) is 47.6 Å². The van der Waals surface area contributed by atoms with Crippen molar-refractivity contribution < 1.29 is 19.4 Å². The number of benzene rings is 2. The number of carbonyl (C=O) groups is 1. The molecule has 1 aliphatic heterocycles. The number of hydrazone groups is 1. The van der Waals surface area contributed by atoms with Crippen molar-refractivity contribution in [1.82, 2.24) is 5.43 Å². The summed E-state index contributed by atoms with van der Waals surface area (Å²) in [6.45, 7) is 1.91. The van der Waals surface area contributed by atoms with Gasteiger partial charge in [0.25, 0.3) is 5.91 Å². The molecule has 0 aromatic heterocycles. The Morgan fingerprint density at radius 2 is 2.04 bits per heavy atom. The standard InChI is InChI=1S/C17H16N2O4/c1-11-5-4-6-12(16(11)20)9-18-19-17(21)15-10-22-13-7-2-3-8-14(13)23-15/h2-9,15,20H,10H2,1H3,(H,19,21). The molecule has 6 nitrogen and oxygen atoms in total. The maximum Gasteiger partial charge on any atom is 0.284 e. The van der Waals surface area contributed by atoms with E-state index in [2.05, 4.69) is 10.5 Å². The average molecular weight is 312 g/mol. The molecule has 3 rings (SSSR count). The van der Waals surface area contributed by atoms with Crippen molar-refractivity contribution in [1.29, 1.82) is 0 Å². The fraction of sp³-hybridized carbons (Fsp3) is 0.176. The summed E-state index contributed by atoms with van der Waals surface area (Å²) in [5, 5.41) is 13.7. The number of phenols is 1. The summed E-state index contributed by atoms with van der Waals surface area (Å²) in [6, 6.07) is 12.4. The largest absolute Gasteiger partial charge is 0.507 e. The third kappa shape index (κ3) is 3.26. The molecule has 2 aromatic carbocycles. The van der Waals surface area contributed by atoms with Gasteiger partial charge in [-0.1, -0.05) is 24.3 Å². The highest BCUT2D eigenvalue weighted by Crippen LogP contribution is 2.30. The first-order valence-corrected chi connectivity index (χ1v) is 7.15. The van der Waals surface area contributed by atoms with E-state index in [1.54, 1.807) is 43.3 Å². The SMILES string of the molecule is Cc1cccc(C=NNC(=O)C2COc3ccccc3O2)c1O. The predicted octanol–water partition coefficient (Wildman–Crippen LogP) is 1.99. The fourth-order valence-electron chi connectivity index (χ4n) is 2.17. The molecule has 0 saturated heterocycles. The number of hydrogen-bond acceptors (Lipinski definition) is 5. The lowest BCUT2D eigenvalue weighted by Gasteiger charge is -2.24. The maximum atomic E-state index is 12.1. The molecule has 1 unspecified atom stereocenters. The first-order valence-electron chi connectivity index (χ1n) is 7.15. The molecule has 0 aliphatic carbocycles. The van der Waals surface area contributed by atoms with Crippen LogP contribution in [0.2, 0.25) is 0 Å². The number of fused-ring (bicyclic) bond motifs is 1. The molecule has 23 heavy (non-hydrogen) atoms. The van der Waals surface area contributed by atoms with Crippen LogP contribution in [0, 0.1) is 6.92 Å². The summed E-state index contributed by atoms with van der Waals surface area (Å²) in [4.78, 5) is 12.1. The second kappa shape index (κ2) is 6.39. The van der Waals surface area contributed by atoms with E-state index < -0.39 is 12.0 Å². The Morgan fingerprint density at radius 1 is 1.26 bits per heavy atom.